The Bertz CT molecular complexity index is 876. The van der Waals surface area contributed by atoms with Gasteiger partial charge in [0.25, 0.3) is 5.91 Å². The van der Waals surface area contributed by atoms with E-state index in [4.69, 9.17) is 9.47 Å². The molecule has 1 amide bonds. The minimum absolute atomic E-state index is 0.246. The summed E-state index contributed by atoms with van der Waals surface area (Å²) >= 11 is 0. The van der Waals surface area contributed by atoms with E-state index < -0.39 is 0 Å². The van der Waals surface area contributed by atoms with Gasteiger partial charge in [-0.2, -0.15) is 0 Å². The van der Waals surface area contributed by atoms with E-state index in [1.165, 1.54) is 0 Å². The predicted molar refractivity (Wildman–Crippen MR) is 94.0 cm³/mol. The second-order valence-corrected chi connectivity index (χ2v) is 5.34. The molecule has 0 atom stereocenters. The lowest BCUT2D eigenvalue weighted by Crippen LogP contribution is -2.13. The van der Waals surface area contributed by atoms with E-state index in [1.807, 2.05) is 37.3 Å². The van der Waals surface area contributed by atoms with Gasteiger partial charge in [0.05, 0.1) is 25.4 Å². The Labute approximate surface area is 140 Å². The minimum atomic E-state index is -0.246. The lowest BCUT2D eigenvalue weighted by molar-refractivity contribution is 0.102. The average Bonchev–Trinajstić information content (AvgIpc) is 2.62. The molecule has 2 aromatic carbocycles. The molecule has 24 heavy (non-hydrogen) atoms. The number of carbonyl (C=O) groups is 1. The zero-order chi connectivity index (χ0) is 17.1. The number of methoxy groups -OCH3 is 2. The maximum atomic E-state index is 12.7. The van der Waals surface area contributed by atoms with Crippen molar-refractivity contribution in [3.8, 4) is 11.5 Å². The van der Waals surface area contributed by atoms with E-state index in [0.717, 1.165) is 16.5 Å². The first-order valence-corrected chi connectivity index (χ1v) is 7.51. The van der Waals surface area contributed by atoms with Crippen LogP contribution in [0.1, 0.15) is 15.9 Å². The van der Waals surface area contributed by atoms with Crippen LogP contribution in [0, 0.1) is 6.92 Å². The molecule has 0 aliphatic heterocycles. The maximum absolute atomic E-state index is 12.7. The number of pyridine rings is 1. The number of carbonyl (C=O) groups excluding carboxylic acids is 1. The van der Waals surface area contributed by atoms with Crippen LogP contribution in [-0.4, -0.2) is 25.1 Å². The summed E-state index contributed by atoms with van der Waals surface area (Å²) in [5.74, 6) is 0.968. The molecule has 0 unspecified atom stereocenters. The van der Waals surface area contributed by atoms with Gasteiger partial charge in [-0.1, -0.05) is 18.2 Å². The third-order valence-electron chi connectivity index (χ3n) is 3.90. The van der Waals surface area contributed by atoms with Crippen molar-refractivity contribution in [3.63, 3.8) is 0 Å². The Balaban J connectivity index is 1.98. The summed E-state index contributed by atoms with van der Waals surface area (Å²) < 4.78 is 10.7. The predicted octanol–water partition coefficient (Wildman–Crippen LogP) is 3.81. The molecule has 0 aliphatic carbocycles. The summed E-state index contributed by atoms with van der Waals surface area (Å²) in [5, 5.41) is 3.88. The summed E-state index contributed by atoms with van der Waals surface area (Å²) in [5.41, 5.74) is 2.72. The van der Waals surface area contributed by atoms with Gasteiger partial charge in [0.1, 0.15) is 11.5 Å². The molecule has 1 N–H and O–H groups in total. The zero-order valence-electron chi connectivity index (χ0n) is 13.8. The van der Waals surface area contributed by atoms with Gasteiger partial charge in [0, 0.05) is 22.7 Å². The highest BCUT2D eigenvalue weighted by Gasteiger charge is 2.14. The molecule has 0 saturated heterocycles. The van der Waals surface area contributed by atoms with Crippen LogP contribution in [0.4, 0.5) is 5.69 Å². The fourth-order valence-corrected chi connectivity index (χ4v) is 2.62. The summed E-state index contributed by atoms with van der Waals surface area (Å²) in [6.07, 6.45) is 1.70. The molecule has 5 nitrogen and oxygen atoms in total. The Morgan fingerprint density at radius 3 is 2.38 bits per heavy atom. The molecule has 5 heteroatoms. The van der Waals surface area contributed by atoms with Crippen LogP contribution < -0.4 is 14.8 Å². The van der Waals surface area contributed by atoms with Gasteiger partial charge in [-0.15, -0.1) is 0 Å². The van der Waals surface area contributed by atoms with Crippen molar-refractivity contribution in [2.45, 2.75) is 6.92 Å². The van der Waals surface area contributed by atoms with Crippen molar-refractivity contribution >= 4 is 22.5 Å². The van der Waals surface area contributed by atoms with Crippen LogP contribution in [0.2, 0.25) is 0 Å². The van der Waals surface area contributed by atoms with Crippen molar-refractivity contribution in [1.82, 2.24) is 4.98 Å². The third kappa shape index (κ3) is 2.88. The lowest BCUT2D eigenvalue weighted by atomic mass is 10.1. The Kier molecular flexibility index (Phi) is 4.33. The lowest BCUT2D eigenvalue weighted by Gasteiger charge is -2.13. The minimum Gasteiger partial charge on any atom is -0.496 e. The van der Waals surface area contributed by atoms with Gasteiger partial charge in [0.2, 0.25) is 0 Å². The molecule has 1 aromatic heterocycles. The number of hydrogen-bond acceptors (Lipinski definition) is 4. The van der Waals surface area contributed by atoms with Crippen LogP contribution >= 0.6 is 0 Å². The normalized spacial score (nSPS) is 10.5. The molecule has 0 fully saturated rings. The average molecular weight is 322 g/mol. The number of nitrogens with one attached hydrogen (secondary N) is 1. The molecule has 0 aliphatic rings. The molecule has 3 rings (SSSR count). The first-order chi connectivity index (χ1) is 11.6. The number of hydrogen-bond donors (Lipinski definition) is 1. The van der Waals surface area contributed by atoms with Crippen molar-refractivity contribution in [3.05, 3.63) is 59.8 Å². The van der Waals surface area contributed by atoms with Crippen molar-refractivity contribution in [1.29, 1.82) is 0 Å². The van der Waals surface area contributed by atoms with Gasteiger partial charge in [-0.05, 0) is 31.2 Å². The van der Waals surface area contributed by atoms with Crippen LogP contribution in [0.15, 0.2) is 48.7 Å². The number of benzene rings is 2. The summed E-state index contributed by atoms with van der Waals surface area (Å²) in [6.45, 7) is 1.88. The first kappa shape index (κ1) is 15.8. The number of nitrogens with zero attached hydrogens (tertiary/aromatic N) is 1. The smallest absolute Gasteiger partial charge is 0.255 e. The SMILES string of the molecule is COc1cc(C(=O)Nc2cccc3cccnc23)cc(OC)c1C. The highest BCUT2D eigenvalue weighted by atomic mass is 16.5. The van der Waals surface area contributed by atoms with E-state index in [9.17, 15) is 4.79 Å². The molecular weight excluding hydrogens is 304 g/mol. The van der Waals surface area contributed by atoms with Gasteiger partial charge in [-0.3, -0.25) is 9.78 Å². The topological polar surface area (TPSA) is 60.5 Å². The molecule has 0 saturated carbocycles. The van der Waals surface area contributed by atoms with Gasteiger partial charge in [0.15, 0.2) is 0 Å². The van der Waals surface area contributed by atoms with E-state index in [2.05, 4.69) is 10.3 Å². The highest BCUT2D eigenvalue weighted by Crippen LogP contribution is 2.30. The largest absolute Gasteiger partial charge is 0.496 e. The number of fused-ring (bicyclic) bond motifs is 1. The molecular formula is C19H18N2O3. The van der Waals surface area contributed by atoms with E-state index in [1.54, 1.807) is 32.5 Å². The Morgan fingerprint density at radius 2 is 1.71 bits per heavy atom. The summed E-state index contributed by atoms with van der Waals surface area (Å²) in [6, 6.07) is 12.9. The number of aromatic nitrogens is 1. The van der Waals surface area contributed by atoms with Gasteiger partial charge in [-0.25, -0.2) is 0 Å². The first-order valence-electron chi connectivity index (χ1n) is 7.51. The molecule has 122 valence electrons. The summed E-state index contributed by atoms with van der Waals surface area (Å²) in [7, 11) is 3.14. The number of rotatable bonds is 4. The molecule has 0 bridgehead atoms. The Morgan fingerprint density at radius 1 is 1.04 bits per heavy atom. The van der Waals surface area contributed by atoms with Gasteiger partial charge >= 0.3 is 0 Å². The molecule has 3 aromatic rings. The Hall–Kier alpha value is -3.08. The van der Waals surface area contributed by atoms with Crippen molar-refractivity contribution in [2.75, 3.05) is 19.5 Å². The second kappa shape index (κ2) is 6.58. The van der Waals surface area contributed by atoms with Crippen LogP contribution in [0.3, 0.4) is 0 Å². The fourth-order valence-electron chi connectivity index (χ4n) is 2.62. The standard InChI is InChI=1S/C19H18N2O3/c1-12-16(23-2)10-14(11-17(12)24-3)19(22)21-15-8-4-6-13-7-5-9-20-18(13)15/h4-11H,1-3H3,(H,21,22). The molecule has 0 radical (unpaired) electrons. The monoisotopic (exact) mass is 322 g/mol. The molecule has 1 heterocycles. The fraction of sp³-hybridized carbons (Fsp3) is 0.158. The number of amides is 1. The molecule has 0 spiro atoms. The van der Waals surface area contributed by atoms with Crippen LogP contribution in [-0.2, 0) is 0 Å². The summed E-state index contributed by atoms with van der Waals surface area (Å²) in [4.78, 5) is 17.0. The highest BCUT2D eigenvalue weighted by molar-refractivity contribution is 6.08. The van der Waals surface area contributed by atoms with Gasteiger partial charge < -0.3 is 14.8 Å². The van der Waals surface area contributed by atoms with Crippen molar-refractivity contribution < 1.29 is 14.3 Å². The van der Waals surface area contributed by atoms with E-state index in [0.29, 0.717) is 22.7 Å². The van der Waals surface area contributed by atoms with E-state index >= 15 is 0 Å². The van der Waals surface area contributed by atoms with E-state index in [-0.39, 0.29) is 5.91 Å². The quantitative estimate of drug-likeness (QED) is 0.793. The number of ether oxygens (including phenoxy) is 2. The van der Waals surface area contributed by atoms with Crippen LogP contribution in [0.25, 0.3) is 10.9 Å². The van der Waals surface area contributed by atoms with Crippen molar-refractivity contribution in [2.24, 2.45) is 0 Å². The third-order valence-corrected chi connectivity index (χ3v) is 3.90. The number of para-hydroxylation sites is 1. The second-order valence-electron chi connectivity index (χ2n) is 5.34. The maximum Gasteiger partial charge on any atom is 0.255 e. The zero-order valence-corrected chi connectivity index (χ0v) is 13.8. The number of anilines is 1. The van der Waals surface area contributed by atoms with Crippen LogP contribution in [0.5, 0.6) is 11.5 Å².